The van der Waals surface area contributed by atoms with Gasteiger partial charge in [0.15, 0.2) is 20.1 Å². The lowest BCUT2D eigenvalue weighted by Gasteiger charge is -2.10. The fourth-order valence-electron chi connectivity index (χ4n) is 3.22. The van der Waals surface area contributed by atoms with Crippen molar-refractivity contribution in [2.75, 3.05) is 16.8 Å². The molecule has 0 saturated carbocycles. The maximum absolute atomic E-state index is 11.8. The van der Waals surface area contributed by atoms with E-state index < -0.39 is 9.84 Å². The SMILES string of the molecule is C=CCn1c(SCc2csc(Nc3ccccc3)n2)nnc1[C@H]1CCS(=O)(=O)C1. The van der Waals surface area contributed by atoms with E-state index in [4.69, 9.17) is 0 Å². The Hall–Kier alpha value is -2.17. The van der Waals surface area contributed by atoms with E-state index in [1.165, 1.54) is 0 Å². The number of nitrogens with zero attached hydrogens (tertiary/aromatic N) is 4. The largest absolute Gasteiger partial charge is 0.332 e. The first-order chi connectivity index (χ1) is 14.0. The number of nitrogens with one attached hydrogen (secondary N) is 1. The molecule has 0 bridgehead atoms. The van der Waals surface area contributed by atoms with Gasteiger partial charge in [0.25, 0.3) is 0 Å². The lowest BCUT2D eigenvalue weighted by atomic mass is 10.1. The van der Waals surface area contributed by atoms with Crippen molar-refractivity contribution in [3.63, 3.8) is 0 Å². The lowest BCUT2D eigenvalue weighted by Crippen LogP contribution is -2.11. The summed E-state index contributed by atoms with van der Waals surface area (Å²) in [5.74, 6) is 1.66. The molecule has 4 rings (SSSR count). The molecule has 1 N–H and O–H groups in total. The Balaban J connectivity index is 1.44. The summed E-state index contributed by atoms with van der Waals surface area (Å²) in [4.78, 5) is 4.63. The fraction of sp³-hybridized carbons (Fsp3) is 0.316. The van der Waals surface area contributed by atoms with Crippen molar-refractivity contribution in [3.8, 4) is 0 Å². The second-order valence-electron chi connectivity index (χ2n) is 6.76. The van der Waals surface area contributed by atoms with Gasteiger partial charge in [0.1, 0.15) is 5.82 Å². The topological polar surface area (TPSA) is 89.8 Å². The van der Waals surface area contributed by atoms with Crippen LogP contribution in [-0.2, 0) is 22.1 Å². The van der Waals surface area contributed by atoms with E-state index in [0.717, 1.165) is 27.5 Å². The standard InChI is InChI=1S/C19H21N5O2S3/c1-2-9-24-17(14-8-10-29(25,26)13-14)22-23-19(24)28-12-16-11-27-18(21-16)20-15-6-4-3-5-7-15/h2-7,11,14H,1,8-10,12-13H2,(H,20,21)/t14-/m0/s1. The zero-order valence-corrected chi connectivity index (χ0v) is 18.1. The van der Waals surface area contributed by atoms with Crippen molar-refractivity contribution in [2.24, 2.45) is 0 Å². The molecule has 7 nitrogen and oxygen atoms in total. The van der Waals surface area contributed by atoms with Gasteiger partial charge in [0.05, 0.1) is 17.2 Å². The molecule has 1 atom stereocenters. The predicted molar refractivity (Wildman–Crippen MR) is 118 cm³/mol. The summed E-state index contributed by atoms with van der Waals surface area (Å²) >= 11 is 3.11. The zero-order chi connectivity index (χ0) is 20.3. The molecule has 2 aromatic heterocycles. The van der Waals surface area contributed by atoms with E-state index in [1.807, 2.05) is 40.3 Å². The summed E-state index contributed by atoms with van der Waals surface area (Å²) in [6.07, 6.45) is 2.38. The van der Waals surface area contributed by atoms with Crippen LogP contribution in [0.15, 0.2) is 53.5 Å². The highest BCUT2D eigenvalue weighted by atomic mass is 32.2. The number of hydrogen-bond donors (Lipinski definition) is 1. The van der Waals surface area contributed by atoms with Crippen LogP contribution in [0.5, 0.6) is 0 Å². The minimum absolute atomic E-state index is 0.0947. The lowest BCUT2D eigenvalue weighted by molar-refractivity contribution is 0.597. The summed E-state index contributed by atoms with van der Waals surface area (Å²) in [5.41, 5.74) is 1.96. The molecule has 0 radical (unpaired) electrons. The first kappa shape index (κ1) is 20.1. The highest BCUT2D eigenvalue weighted by molar-refractivity contribution is 7.98. The van der Waals surface area contributed by atoms with Gasteiger partial charge in [-0.1, -0.05) is 36.0 Å². The molecule has 1 fully saturated rings. The highest BCUT2D eigenvalue weighted by Gasteiger charge is 2.33. The number of rotatable bonds is 8. The maximum Gasteiger partial charge on any atom is 0.191 e. The Morgan fingerprint density at radius 2 is 2.14 bits per heavy atom. The molecule has 10 heteroatoms. The molecule has 152 valence electrons. The third kappa shape index (κ3) is 4.88. The van der Waals surface area contributed by atoms with Crippen LogP contribution >= 0.6 is 23.1 Å². The number of sulfone groups is 1. The number of benzene rings is 1. The Kier molecular flexibility index (Phi) is 6.02. The third-order valence-corrected chi connectivity index (χ3v) is 8.16. The predicted octanol–water partition coefficient (Wildman–Crippen LogP) is 3.86. The molecule has 1 aliphatic rings. The van der Waals surface area contributed by atoms with E-state index in [1.54, 1.807) is 29.2 Å². The van der Waals surface area contributed by atoms with E-state index in [2.05, 4.69) is 27.1 Å². The number of allylic oxidation sites excluding steroid dienone is 1. The molecule has 1 aromatic carbocycles. The Morgan fingerprint density at radius 1 is 1.31 bits per heavy atom. The smallest absolute Gasteiger partial charge is 0.191 e. The molecule has 3 aromatic rings. The van der Waals surface area contributed by atoms with Gasteiger partial charge in [-0.3, -0.25) is 0 Å². The molecule has 0 unspecified atom stereocenters. The van der Waals surface area contributed by atoms with Crippen LogP contribution in [0.1, 0.15) is 23.9 Å². The normalized spacial score (nSPS) is 18.0. The summed E-state index contributed by atoms with van der Waals surface area (Å²) < 4.78 is 25.6. The number of thiazole rings is 1. The minimum Gasteiger partial charge on any atom is -0.332 e. The fourth-order valence-corrected chi connectivity index (χ4v) is 6.64. The highest BCUT2D eigenvalue weighted by Crippen LogP contribution is 2.31. The monoisotopic (exact) mass is 447 g/mol. The second kappa shape index (κ2) is 8.68. The van der Waals surface area contributed by atoms with Crippen LogP contribution in [0, 0.1) is 0 Å². The molecule has 3 heterocycles. The number of thioether (sulfide) groups is 1. The molecular formula is C19H21N5O2S3. The van der Waals surface area contributed by atoms with Gasteiger partial charge in [0, 0.05) is 29.3 Å². The van der Waals surface area contributed by atoms with Gasteiger partial charge < -0.3 is 9.88 Å². The summed E-state index contributed by atoms with van der Waals surface area (Å²) in [6.45, 7) is 4.37. The van der Waals surface area contributed by atoms with Crippen molar-refractivity contribution >= 4 is 43.8 Å². The van der Waals surface area contributed by atoms with Crippen LogP contribution in [0.4, 0.5) is 10.8 Å². The zero-order valence-electron chi connectivity index (χ0n) is 15.7. The molecule has 0 spiro atoms. The quantitative estimate of drug-likeness (QED) is 0.414. The number of anilines is 2. The Labute approximate surface area is 178 Å². The number of aromatic nitrogens is 4. The van der Waals surface area contributed by atoms with E-state index >= 15 is 0 Å². The van der Waals surface area contributed by atoms with Gasteiger partial charge in [0.2, 0.25) is 0 Å². The molecule has 1 saturated heterocycles. The average Bonchev–Trinajstić information content (AvgIpc) is 3.40. The molecule has 0 amide bonds. The average molecular weight is 448 g/mol. The van der Waals surface area contributed by atoms with Gasteiger partial charge in [-0.05, 0) is 18.6 Å². The third-order valence-electron chi connectivity index (χ3n) is 4.58. The van der Waals surface area contributed by atoms with Crippen LogP contribution < -0.4 is 5.32 Å². The van der Waals surface area contributed by atoms with Gasteiger partial charge >= 0.3 is 0 Å². The van der Waals surface area contributed by atoms with Crippen molar-refractivity contribution < 1.29 is 8.42 Å². The number of para-hydroxylation sites is 1. The first-order valence-electron chi connectivity index (χ1n) is 9.18. The van der Waals surface area contributed by atoms with Gasteiger partial charge in [-0.15, -0.1) is 28.1 Å². The van der Waals surface area contributed by atoms with Crippen molar-refractivity contribution in [2.45, 2.75) is 29.8 Å². The van der Waals surface area contributed by atoms with Crippen LogP contribution in [0.25, 0.3) is 0 Å². The van der Waals surface area contributed by atoms with E-state index in [9.17, 15) is 8.42 Å². The Bertz CT molecular complexity index is 1090. The van der Waals surface area contributed by atoms with Crippen molar-refractivity contribution in [3.05, 3.63) is 59.9 Å². The van der Waals surface area contributed by atoms with Crippen LogP contribution in [0.3, 0.4) is 0 Å². The minimum atomic E-state index is -2.97. The van der Waals surface area contributed by atoms with Crippen LogP contribution in [0.2, 0.25) is 0 Å². The summed E-state index contributed by atoms with van der Waals surface area (Å²) in [7, 11) is -2.97. The maximum atomic E-state index is 11.8. The molecule has 1 aliphatic heterocycles. The van der Waals surface area contributed by atoms with Crippen molar-refractivity contribution in [1.82, 2.24) is 19.7 Å². The van der Waals surface area contributed by atoms with Crippen LogP contribution in [-0.4, -0.2) is 39.7 Å². The van der Waals surface area contributed by atoms with Crippen molar-refractivity contribution in [1.29, 1.82) is 0 Å². The van der Waals surface area contributed by atoms with E-state index in [-0.39, 0.29) is 17.4 Å². The number of hydrogen-bond acceptors (Lipinski definition) is 8. The molecule has 0 aliphatic carbocycles. The molecule has 29 heavy (non-hydrogen) atoms. The second-order valence-corrected chi connectivity index (χ2v) is 10.8. The van der Waals surface area contributed by atoms with E-state index in [0.29, 0.717) is 18.7 Å². The first-order valence-corrected chi connectivity index (χ1v) is 12.9. The summed E-state index contributed by atoms with van der Waals surface area (Å²) in [6, 6.07) is 9.93. The van der Waals surface area contributed by atoms with Gasteiger partial charge in [-0.2, -0.15) is 0 Å². The van der Waals surface area contributed by atoms with Gasteiger partial charge in [-0.25, -0.2) is 13.4 Å². The molecular weight excluding hydrogens is 426 g/mol. The summed E-state index contributed by atoms with van der Waals surface area (Å²) in [5, 5.41) is 15.5. The Morgan fingerprint density at radius 3 is 2.86 bits per heavy atom.